The molecule has 1 aliphatic rings. The first-order valence-electron chi connectivity index (χ1n) is 10.1. The summed E-state index contributed by atoms with van der Waals surface area (Å²) in [6.45, 7) is 8.93. The van der Waals surface area contributed by atoms with Crippen LogP contribution >= 0.6 is 0 Å². The van der Waals surface area contributed by atoms with E-state index in [0.717, 1.165) is 49.8 Å². The molecule has 1 N–H and O–H groups in total. The highest BCUT2D eigenvalue weighted by atomic mass is 16.5. The number of H-pyrrole nitrogens is 1. The van der Waals surface area contributed by atoms with Crippen LogP contribution < -0.4 is 10.3 Å². The van der Waals surface area contributed by atoms with Crippen LogP contribution in [0.15, 0.2) is 47.3 Å². The molecule has 3 aromatic rings. The first kappa shape index (κ1) is 19.6. The van der Waals surface area contributed by atoms with Gasteiger partial charge in [-0.3, -0.25) is 14.6 Å². The first-order chi connectivity index (χ1) is 14.0. The van der Waals surface area contributed by atoms with E-state index in [9.17, 15) is 4.79 Å². The van der Waals surface area contributed by atoms with E-state index in [1.54, 1.807) is 7.11 Å². The Balaban J connectivity index is 1.43. The standard InChI is InChI=1S/C23H28N4O2/c1-16-8-9-21(29-3)18(14-16)15-26-10-12-27(13-11-26)17(2)22-24-20-7-5-4-6-19(20)23(28)25-22/h4-9,14,17H,10-13,15H2,1-3H3,(H,24,25,28)/t17-/m0/s1. The van der Waals surface area contributed by atoms with Crippen molar-refractivity contribution < 1.29 is 4.74 Å². The van der Waals surface area contributed by atoms with Crippen molar-refractivity contribution >= 4 is 10.9 Å². The zero-order chi connectivity index (χ0) is 20.4. The number of aromatic nitrogens is 2. The fourth-order valence-electron chi connectivity index (χ4n) is 4.06. The fourth-order valence-corrected chi connectivity index (χ4v) is 4.06. The third kappa shape index (κ3) is 4.18. The molecule has 1 aliphatic heterocycles. The largest absolute Gasteiger partial charge is 0.496 e. The average molecular weight is 393 g/mol. The molecule has 1 atom stereocenters. The van der Waals surface area contributed by atoms with Crippen molar-refractivity contribution in [3.63, 3.8) is 0 Å². The number of hydrogen-bond acceptors (Lipinski definition) is 5. The minimum atomic E-state index is -0.0670. The van der Waals surface area contributed by atoms with Gasteiger partial charge in [-0.05, 0) is 32.0 Å². The highest BCUT2D eigenvalue weighted by Crippen LogP contribution is 2.24. The number of aryl methyl sites for hydroxylation is 1. The topological polar surface area (TPSA) is 61.5 Å². The van der Waals surface area contributed by atoms with Gasteiger partial charge in [-0.1, -0.05) is 29.8 Å². The normalized spacial score (nSPS) is 16.8. The summed E-state index contributed by atoms with van der Waals surface area (Å²) in [4.78, 5) is 24.9. The number of fused-ring (bicyclic) bond motifs is 1. The Morgan fingerprint density at radius 3 is 2.66 bits per heavy atom. The van der Waals surface area contributed by atoms with Crippen LogP contribution in [-0.2, 0) is 6.54 Å². The monoisotopic (exact) mass is 392 g/mol. The van der Waals surface area contributed by atoms with Gasteiger partial charge >= 0.3 is 0 Å². The van der Waals surface area contributed by atoms with Crippen molar-refractivity contribution in [3.8, 4) is 5.75 Å². The molecule has 1 fully saturated rings. The number of rotatable bonds is 5. The lowest BCUT2D eigenvalue weighted by atomic mass is 10.1. The summed E-state index contributed by atoms with van der Waals surface area (Å²) in [6.07, 6.45) is 0. The number of aromatic amines is 1. The third-order valence-electron chi connectivity index (χ3n) is 5.81. The number of ether oxygens (including phenoxy) is 1. The third-order valence-corrected chi connectivity index (χ3v) is 5.81. The lowest BCUT2D eigenvalue weighted by molar-refractivity contribution is 0.0943. The molecule has 0 aliphatic carbocycles. The summed E-state index contributed by atoms with van der Waals surface area (Å²) in [6, 6.07) is 13.9. The Bertz CT molecular complexity index is 1050. The van der Waals surface area contributed by atoms with E-state index in [2.05, 4.69) is 40.8 Å². The molecule has 1 aromatic heterocycles. The second-order valence-electron chi connectivity index (χ2n) is 7.77. The van der Waals surface area contributed by atoms with Crippen molar-refractivity contribution in [2.45, 2.75) is 26.4 Å². The molecule has 4 rings (SSSR count). The summed E-state index contributed by atoms with van der Waals surface area (Å²) in [7, 11) is 1.73. The molecule has 1 saturated heterocycles. The van der Waals surface area contributed by atoms with Gasteiger partial charge in [-0.25, -0.2) is 4.98 Å². The second kappa shape index (κ2) is 8.35. The molecular weight excluding hydrogens is 364 g/mol. The van der Waals surface area contributed by atoms with Crippen molar-refractivity contribution in [1.82, 2.24) is 19.8 Å². The number of nitrogens with one attached hydrogen (secondary N) is 1. The Labute approximate surface area is 171 Å². The van der Waals surface area contributed by atoms with Crippen LogP contribution in [0, 0.1) is 6.92 Å². The number of para-hydroxylation sites is 1. The van der Waals surface area contributed by atoms with E-state index >= 15 is 0 Å². The van der Waals surface area contributed by atoms with Crippen molar-refractivity contribution in [2.24, 2.45) is 0 Å². The fraction of sp³-hybridized carbons (Fsp3) is 0.391. The lowest BCUT2D eigenvalue weighted by Gasteiger charge is -2.37. The zero-order valence-electron chi connectivity index (χ0n) is 17.3. The van der Waals surface area contributed by atoms with Gasteiger partial charge in [0.25, 0.3) is 5.56 Å². The van der Waals surface area contributed by atoms with Gasteiger partial charge in [0, 0.05) is 38.3 Å². The van der Waals surface area contributed by atoms with E-state index in [-0.39, 0.29) is 11.6 Å². The Kier molecular flexibility index (Phi) is 5.65. The van der Waals surface area contributed by atoms with Crippen molar-refractivity contribution in [1.29, 1.82) is 0 Å². The van der Waals surface area contributed by atoms with Crippen LogP contribution in [0.3, 0.4) is 0 Å². The minimum Gasteiger partial charge on any atom is -0.496 e. The maximum atomic E-state index is 12.4. The van der Waals surface area contributed by atoms with E-state index in [4.69, 9.17) is 9.72 Å². The van der Waals surface area contributed by atoms with Gasteiger partial charge in [0.2, 0.25) is 0 Å². The SMILES string of the molecule is COc1ccc(C)cc1CN1CCN([C@@H](C)c2nc3ccccc3c(=O)[nH]2)CC1. The predicted octanol–water partition coefficient (Wildman–Crippen LogP) is 3.12. The molecule has 0 radical (unpaired) electrons. The molecule has 2 aromatic carbocycles. The minimum absolute atomic E-state index is 0.0670. The van der Waals surface area contributed by atoms with Crippen LogP contribution in [-0.4, -0.2) is 53.1 Å². The molecule has 2 heterocycles. The molecule has 6 heteroatoms. The average Bonchev–Trinajstić information content (AvgIpc) is 2.74. The Morgan fingerprint density at radius 1 is 1.14 bits per heavy atom. The molecule has 0 bridgehead atoms. The van der Waals surface area contributed by atoms with Crippen LogP contribution in [0.1, 0.15) is 29.9 Å². The Hall–Kier alpha value is -2.70. The molecule has 0 spiro atoms. The van der Waals surface area contributed by atoms with Gasteiger partial charge in [0.05, 0.1) is 24.1 Å². The van der Waals surface area contributed by atoms with Crippen LogP contribution in [0.25, 0.3) is 10.9 Å². The second-order valence-corrected chi connectivity index (χ2v) is 7.77. The molecule has 29 heavy (non-hydrogen) atoms. The molecule has 0 unspecified atom stereocenters. The van der Waals surface area contributed by atoms with Crippen LogP contribution in [0.5, 0.6) is 5.75 Å². The van der Waals surface area contributed by atoms with Crippen molar-refractivity contribution in [2.75, 3.05) is 33.3 Å². The Morgan fingerprint density at radius 2 is 1.90 bits per heavy atom. The summed E-state index contributed by atoms with van der Waals surface area (Å²) in [5.74, 6) is 1.69. The zero-order valence-corrected chi connectivity index (χ0v) is 17.3. The van der Waals surface area contributed by atoms with Gasteiger partial charge < -0.3 is 9.72 Å². The first-order valence-corrected chi connectivity index (χ1v) is 10.1. The molecule has 6 nitrogen and oxygen atoms in total. The maximum absolute atomic E-state index is 12.4. The van der Waals surface area contributed by atoms with Gasteiger partial charge in [0.15, 0.2) is 0 Å². The van der Waals surface area contributed by atoms with E-state index < -0.39 is 0 Å². The number of methoxy groups -OCH3 is 1. The number of piperazine rings is 1. The summed E-state index contributed by atoms with van der Waals surface area (Å²) in [5, 5.41) is 0.639. The van der Waals surface area contributed by atoms with Crippen LogP contribution in [0.4, 0.5) is 0 Å². The highest BCUT2D eigenvalue weighted by molar-refractivity contribution is 5.77. The molecular formula is C23H28N4O2. The number of benzene rings is 2. The maximum Gasteiger partial charge on any atom is 0.258 e. The summed E-state index contributed by atoms with van der Waals surface area (Å²) < 4.78 is 5.53. The van der Waals surface area contributed by atoms with Gasteiger partial charge in [-0.15, -0.1) is 0 Å². The molecule has 152 valence electrons. The number of nitrogens with zero attached hydrogens (tertiary/aromatic N) is 3. The van der Waals surface area contributed by atoms with E-state index in [0.29, 0.717) is 5.39 Å². The quantitative estimate of drug-likeness (QED) is 0.723. The predicted molar refractivity (Wildman–Crippen MR) is 115 cm³/mol. The summed E-state index contributed by atoms with van der Waals surface area (Å²) in [5.41, 5.74) is 3.17. The molecule has 0 amide bonds. The molecule has 0 saturated carbocycles. The van der Waals surface area contributed by atoms with E-state index in [1.807, 2.05) is 30.3 Å². The van der Waals surface area contributed by atoms with Crippen molar-refractivity contribution in [3.05, 3.63) is 69.8 Å². The van der Waals surface area contributed by atoms with Gasteiger partial charge in [-0.2, -0.15) is 0 Å². The summed E-state index contributed by atoms with van der Waals surface area (Å²) >= 11 is 0. The number of hydrogen-bond donors (Lipinski definition) is 1. The van der Waals surface area contributed by atoms with Gasteiger partial charge in [0.1, 0.15) is 11.6 Å². The lowest BCUT2D eigenvalue weighted by Crippen LogP contribution is -2.47. The van der Waals surface area contributed by atoms with Crippen LogP contribution in [0.2, 0.25) is 0 Å². The highest BCUT2D eigenvalue weighted by Gasteiger charge is 2.24. The smallest absolute Gasteiger partial charge is 0.258 e. The van der Waals surface area contributed by atoms with E-state index in [1.165, 1.54) is 11.1 Å².